The number of halogens is 1. The van der Waals surface area contributed by atoms with Crippen LogP contribution >= 0.6 is 0 Å². The van der Waals surface area contributed by atoms with Crippen LogP contribution in [0.1, 0.15) is 19.4 Å². The van der Waals surface area contributed by atoms with Crippen molar-refractivity contribution in [2.24, 2.45) is 0 Å². The van der Waals surface area contributed by atoms with Crippen LogP contribution in [0, 0.1) is 6.92 Å². The Morgan fingerprint density at radius 1 is 1.15 bits per heavy atom. The molecule has 7 nitrogen and oxygen atoms in total. The molecule has 4 aromatic rings. The van der Waals surface area contributed by atoms with Gasteiger partial charge in [-0.15, -0.1) is 0 Å². The van der Waals surface area contributed by atoms with Crippen LogP contribution in [-0.2, 0) is 4.74 Å². The number of aryl methyl sites for hydroxylation is 1. The Labute approximate surface area is 198 Å². The molecule has 0 amide bonds. The van der Waals surface area contributed by atoms with Gasteiger partial charge in [0.1, 0.15) is 11.4 Å². The summed E-state index contributed by atoms with van der Waals surface area (Å²) >= 11 is 0. The highest BCUT2D eigenvalue weighted by molar-refractivity contribution is 5.79. The minimum absolute atomic E-state index is 0.100. The molecule has 8 heteroatoms. The molecule has 1 aliphatic heterocycles. The molecule has 0 aliphatic carbocycles. The number of fused-ring (bicyclic) bond motifs is 1. The van der Waals surface area contributed by atoms with Crippen LogP contribution in [0.3, 0.4) is 0 Å². The quantitative estimate of drug-likeness (QED) is 0.388. The zero-order valence-electron chi connectivity index (χ0n) is 19.5. The molecule has 1 saturated heterocycles. The Hall–Kier alpha value is -3.65. The van der Waals surface area contributed by atoms with Gasteiger partial charge in [-0.3, -0.25) is 0 Å². The molecule has 1 N–H and O–H groups in total. The standard InChI is InChI=1S/C26H28FN5O2/c1-17(2)34-22-7-4-20(5-8-22)29-26-28-15-19-10-11-32(25(19)30-26)23-9-6-21(14-18(23)3)31-12-13-33-16-24(31)27/h4-11,14-15,17,24H,12-13,16H2,1-3H3,(H,28,29,30). The van der Waals surface area contributed by atoms with Gasteiger partial charge >= 0.3 is 0 Å². The van der Waals surface area contributed by atoms with E-state index in [1.165, 1.54) is 0 Å². The highest BCUT2D eigenvalue weighted by atomic mass is 19.1. The number of rotatable bonds is 6. The van der Waals surface area contributed by atoms with E-state index in [-0.39, 0.29) is 12.7 Å². The number of ether oxygens (including phenoxy) is 2. The molecule has 1 atom stereocenters. The SMILES string of the molecule is Cc1cc(N2CCOCC2F)ccc1-n1ccc2cnc(Nc3ccc(OC(C)C)cc3)nc21. The Balaban J connectivity index is 1.41. The molecule has 5 rings (SSSR count). The topological polar surface area (TPSA) is 64.4 Å². The van der Waals surface area contributed by atoms with Crippen molar-refractivity contribution < 1.29 is 13.9 Å². The van der Waals surface area contributed by atoms with Crippen molar-refractivity contribution in [3.8, 4) is 11.4 Å². The van der Waals surface area contributed by atoms with Crippen LogP contribution < -0.4 is 15.0 Å². The van der Waals surface area contributed by atoms with Crippen molar-refractivity contribution in [3.63, 3.8) is 0 Å². The monoisotopic (exact) mass is 461 g/mol. The lowest BCUT2D eigenvalue weighted by Crippen LogP contribution is -2.42. The van der Waals surface area contributed by atoms with Gasteiger partial charge in [0.05, 0.1) is 25.0 Å². The van der Waals surface area contributed by atoms with Gasteiger partial charge in [-0.1, -0.05) is 0 Å². The van der Waals surface area contributed by atoms with E-state index in [1.807, 2.05) is 86.3 Å². The predicted octanol–water partition coefficient (Wildman–Crippen LogP) is 5.39. The van der Waals surface area contributed by atoms with E-state index in [2.05, 4.69) is 10.3 Å². The minimum Gasteiger partial charge on any atom is -0.491 e. The summed E-state index contributed by atoms with van der Waals surface area (Å²) < 4.78 is 27.3. The lowest BCUT2D eigenvalue weighted by atomic mass is 10.1. The predicted molar refractivity (Wildman–Crippen MR) is 132 cm³/mol. The van der Waals surface area contributed by atoms with Gasteiger partial charge in [0, 0.05) is 35.7 Å². The number of alkyl halides is 1. The lowest BCUT2D eigenvalue weighted by molar-refractivity contribution is 0.0496. The summed E-state index contributed by atoms with van der Waals surface area (Å²) in [4.78, 5) is 11.0. The molecule has 2 aromatic carbocycles. The van der Waals surface area contributed by atoms with Gasteiger partial charge < -0.3 is 24.3 Å². The summed E-state index contributed by atoms with van der Waals surface area (Å²) in [6, 6.07) is 15.7. The van der Waals surface area contributed by atoms with Crippen molar-refractivity contribution in [1.29, 1.82) is 0 Å². The van der Waals surface area contributed by atoms with E-state index in [0.717, 1.165) is 39.4 Å². The van der Waals surface area contributed by atoms with Gasteiger partial charge in [-0.05, 0) is 74.9 Å². The Bertz CT molecular complexity index is 1290. The van der Waals surface area contributed by atoms with E-state index in [0.29, 0.717) is 19.1 Å². The van der Waals surface area contributed by atoms with E-state index in [4.69, 9.17) is 14.5 Å². The number of hydrogen-bond donors (Lipinski definition) is 1. The van der Waals surface area contributed by atoms with Gasteiger partial charge in [0.15, 0.2) is 6.30 Å². The third kappa shape index (κ3) is 4.54. The Morgan fingerprint density at radius 3 is 2.71 bits per heavy atom. The minimum atomic E-state index is -1.13. The number of nitrogens with zero attached hydrogens (tertiary/aromatic N) is 4. The second-order valence-electron chi connectivity index (χ2n) is 8.65. The third-order valence-electron chi connectivity index (χ3n) is 5.75. The van der Waals surface area contributed by atoms with E-state index >= 15 is 0 Å². The molecule has 0 radical (unpaired) electrons. The molecule has 1 unspecified atom stereocenters. The maximum atomic E-state index is 14.3. The van der Waals surface area contributed by atoms with Crippen LogP contribution in [-0.4, -0.2) is 46.7 Å². The maximum Gasteiger partial charge on any atom is 0.229 e. The van der Waals surface area contributed by atoms with E-state index in [9.17, 15) is 4.39 Å². The largest absolute Gasteiger partial charge is 0.491 e. The molecule has 1 fully saturated rings. The molecule has 0 bridgehead atoms. The maximum absolute atomic E-state index is 14.3. The molecule has 1 aliphatic rings. The van der Waals surface area contributed by atoms with Crippen LogP contribution in [0.2, 0.25) is 0 Å². The molecule has 2 aromatic heterocycles. The fourth-order valence-corrected chi connectivity index (χ4v) is 4.14. The van der Waals surface area contributed by atoms with Crippen molar-refractivity contribution in [2.75, 3.05) is 30.0 Å². The zero-order chi connectivity index (χ0) is 23.7. The number of anilines is 3. The third-order valence-corrected chi connectivity index (χ3v) is 5.75. The van der Waals surface area contributed by atoms with Crippen molar-refractivity contribution in [3.05, 3.63) is 66.5 Å². The summed E-state index contributed by atoms with van der Waals surface area (Å²) in [5, 5.41) is 4.20. The molecule has 0 saturated carbocycles. The van der Waals surface area contributed by atoms with Gasteiger partial charge in [-0.25, -0.2) is 9.37 Å². The number of aromatic nitrogens is 3. The molecule has 0 spiro atoms. The highest BCUT2D eigenvalue weighted by Crippen LogP contribution is 2.28. The first-order chi connectivity index (χ1) is 16.5. The van der Waals surface area contributed by atoms with Crippen molar-refractivity contribution >= 4 is 28.4 Å². The fourth-order valence-electron chi connectivity index (χ4n) is 4.14. The number of hydrogen-bond acceptors (Lipinski definition) is 6. The Morgan fingerprint density at radius 2 is 1.97 bits per heavy atom. The van der Waals surface area contributed by atoms with Crippen molar-refractivity contribution in [2.45, 2.75) is 33.2 Å². The lowest BCUT2D eigenvalue weighted by Gasteiger charge is -2.32. The molecule has 34 heavy (non-hydrogen) atoms. The first kappa shape index (κ1) is 22.2. The van der Waals surface area contributed by atoms with Crippen LogP contribution in [0.4, 0.5) is 21.7 Å². The average Bonchev–Trinajstić information content (AvgIpc) is 3.23. The first-order valence-electron chi connectivity index (χ1n) is 11.5. The van der Waals surface area contributed by atoms with Crippen LogP contribution in [0.25, 0.3) is 16.7 Å². The molecular formula is C26H28FN5O2. The first-order valence-corrected chi connectivity index (χ1v) is 11.5. The van der Waals surface area contributed by atoms with Gasteiger partial charge in [-0.2, -0.15) is 4.98 Å². The van der Waals surface area contributed by atoms with E-state index < -0.39 is 6.30 Å². The van der Waals surface area contributed by atoms with E-state index in [1.54, 1.807) is 4.90 Å². The fraction of sp³-hybridized carbons (Fsp3) is 0.308. The second-order valence-corrected chi connectivity index (χ2v) is 8.65. The average molecular weight is 462 g/mol. The number of morpholine rings is 1. The number of benzene rings is 2. The summed E-state index contributed by atoms with van der Waals surface area (Å²) in [6.45, 7) is 7.20. The van der Waals surface area contributed by atoms with Gasteiger partial charge in [0.25, 0.3) is 0 Å². The molecule has 176 valence electrons. The summed E-state index contributed by atoms with van der Waals surface area (Å²) in [5.41, 5.74) is 4.54. The Kier molecular flexibility index (Phi) is 6.06. The molecular weight excluding hydrogens is 433 g/mol. The smallest absolute Gasteiger partial charge is 0.229 e. The molecule has 3 heterocycles. The van der Waals surface area contributed by atoms with Crippen molar-refractivity contribution in [1.82, 2.24) is 14.5 Å². The normalized spacial score (nSPS) is 16.3. The summed E-state index contributed by atoms with van der Waals surface area (Å²) in [5.74, 6) is 1.33. The highest BCUT2D eigenvalue weighted by Gasteiger charge is 2.23. The van der Waals surface area contributed by atoms with Crippen LogP contribution in [0.5, 0.6) is 5.75 Å². The summed E-state index contributed by atoms with van der Waals surface area (Å²) in [6.07, 6.45) is 2.79. The number of nitrogens with one attached hydrogen (secondary N) is 1. The summed E-state index contributed by atoms with van der Waals surface area (Å²) in [7, 11) is 0. The van der Waals surface area contributed by atoms with Crippen LogP contribution in [0.15, 0.2) is 60.9 Å². The zero-order valence-corrected chi connectivity index (χ0v) is 19.5. The second kappa shape index (κ2) is 9.30. The van der Waals surface area contributed by atoms with Gasteiger partial charge in [0.2, 0.25) is 5.95 Å².